The Kier molecular flexibility index (Phi) is 5.63. The minimum Gasteiger partial charge on any atom is -0.382 e. The van der Waals surface area contributed by atoms with Crippen LogP contribution in [-0.4, -0.2) is 56.6 Å². The van der Waals surface area contributed by atoms with Gasteiger partial charge in [-0.15, -0.1) is 11.3 Å². The first-order valence-corrected chi connectivity index (χ1v) is 9.86. The van der Waals surface area contributed by atoms with Crippen LogP contribution in [0.1, 0.15) is 5.82 Å². The Labute approximate surface area is 162 Å². The highest BCUT2D eigenvalue weighted by molar-refractivity contribution is 7.17. The maximum Gasteiger partial charge on any atom is 0.158 e. The molecule has 1 aromatic carbocycles. The van der Waals surface area contributed by atoms with Gasteiger partial charge in [-0.3, -0.25) is 0 Å². The number of morpholine rings is 1. The lowest BCUT2D eigenvalue weighted by Gasteiger charge is -2.34. The van der Waals surface area contributed by atoms with Crippen LogP contribution in [0.4, 0.5) is 5.82 Å². The molecule has 1 unspecified atom stereocenters. The van der Waals surface area contributed by atoms with Gasteiger partial charge in [0.2, 0.25) is 0 Å². The number of aromatic nitrogens is 2. The lowest BCUT2D eigenvalue weighted by atomic mass is 10.1. The molecule has 0 amide bonds. The smallest absolute Gasteiger partial charge is 0.158 e. The van der Waals surface area contributed by atoms with Gasteiger partial charge in [-0.1, -0.05) is 30.3 Å². The predicted molar refractivity (Wildman–Crippen MR) is 107 cm³/mol. The van der Waals surface area contributed by atoms with Gasteiger partial charge >= 0.3 is 0 Å². The summed E-state index contributed by atoms with van der Waals surface area (Å²) in [5.74, 6) is 1.66. The van der Waals surface area contributed by atoms with Crippen molar-refractivity contribution < 1.29 is 14.2 Å². The number of anilines is 1. The average molecular weight is 385 g/mol. The fraction of sp³-hybridized carbons (Fsp3) is 0.400. The Balaban J connectivity index is 1.82. The standard InChI is InChI=1S/C20H23N3O3S/c1-24-11-15-10-23(8-9-26-15)19-18-16(14-6-4-3-5-7-14)13-27-20(18)22-17(21-19)12-25-2/h3-7,13,15H,8-12H2,1-2H3. The highest BCUT2D eigenvalue weighted by atomic mass is 32.1. The third-order valence-electron chi connectivity index (χ3n) is 4.61. The minimum atomic E-state index is 0.0402. The molecule has 0 spiro atoms. The Morgan fingerprint density at radius 2 is 2.04 bits per heavy atom. The highest BCUT2D eigenvalue weighted by Crippen LogP contribution is 2.38. The zero-order valence-corrected chi connectivity index (χ0v) is 16.4. The van der Waals surface area contributed by atoms with E-state index in [1.54, 1.807) is 25.6 Å². The fourth-order valence-electron chi connectivity index (χ4n) is 3.42. The summed E-state index contributed by atoms with van der Waals surface area (Å²) in [7, 11) is 3.37. The minimum absolute atomic E-state index is 0.0402. The van der Waals surface area contributed by atoms with E-state index in [1.807, 2.05) is 6.07 Å². The normalized spacial score (nSPS) is 17.6. The molecule has 1 aliphatic heterocycles. The molecule has 0 aliphatic carbocycles. The first-order chi connectivity index (χ1) is 13.3. The number of methoxy groups -OCH3 is 2. The van der Waals surface area contributed by atoms with Gasteiger partial charge in [0.1, 0.15) is 17.3 Å². The molecule has 0 radical (unpaired) electrons. The van der Waals surface area contributed by atoms with Crippen LogP contribution in [0, 0.1) is 0 Å². The number of thiophene rings is 1. The van der Waals surface area contributed by atoms with E-state index in [-0.39, 0.29) is 6.10 Å². The van der Waals surface area contributed by atoms with E-state index in [4.69, 9.17) is 24.2 Å². The molecule has 0 saturated carbocycles. The first-order valence-electron chi connectivity index (χ1n) is 8.98. The van der Waals surface area contributed by atoms with Crippen molar-refractivity contribution in [2.45, 2.75) is 12.7 Å². The summed E-state index contributed by atoms with van der Waals surface area (Å²) in [5.41, 5.74) is 2.35. The van der Waals surface area contributed by atoms with Crippen LogP contribution in [0.25, 0.3) is 21.3 Å². The van der Waals surface area contributed by atoms with Crippen LogP contribution < -0.4 is 4.90 Å². The van der Waals surface area contributed by atoms with E-state index >= 15 is 0 Å². The maximum absolute atomic E-state index is 5.82. The van der Waals surface area contributed by atoms with Crippen molar-refractivity contribution in [2.75, 3.05) is 45.4 Å². The molecule has 2 aromatic heterocycles. The van der Waals surface area contributed by atoms with E-state index < -0.39 is 0 Å². The number of hydrogen-bond acceptors (Lipinski definition) is 7. The van der Waals surface area contributed by atoms with Gasteiger partial charge in [0.15, 0.2) is 5.82 Å². The van der Waals surface area contributed by atoms with Crippen molar-refractivity contribution in [3.8, 4) is 11.1 Å². The topological polar surface area (TPSA) is 56.7 Å². The van der Waals surface area contributed by atoms with Crippen molar-refractivity contribution in [1.82, 2.24) is 9.97 Å². The van der Waals surface area contributed by atoms with Crippen molar-refractivity contribution >= 4 is 27.4 Å². The number of hydrogen-bond donors (Lipinski definition) is 0. The summed E-state index contributed by atoms with van der Waals surface area (Å²) >= 11 is 1.65. The number of nitrogens with zero attached hydrogens (tertiary/aromatic N) is 3. The van der Waals surface area contributed by atoms with E-state index in [2.05, 4.69) is 34.5 Å². The SMILES string of the molecule is COCc1nc(N2CCOC(COC)C2)c2c(-c3ccccc3)csc2n1. The molecule has 1 atom stereocenters. The second-order valence-electron chi connectivity index (χ2n) is 6.49. The Morgan fingerprint density at radius 1 is 1.19 bits per heavy atom. The largest absolute Gasteiger partial charge is 0.382 e. The fourth-order valence-corrected chi connectivity index (χ4v) is 4.38. The Bertz CT molecular complexity index is 898. The van der Waals surface area contributed by atoms with Gasteiger partial charge in [0.25, 0.3) is 0 Å². The third-order valence-corrected chi connectivity index (χ3v) is 5.48. The second-order valence-corrected chi connectivity index (χ2v) is 7.34. The van der Waals surface area contributed by atoms with Crippen molar-refractivity contribution in [3.63, 3.8) is 0 Å². The first kappa shape index (κ1) is 18.3. The molecule has 6 nitrogen and oxygen atoms in total. The van der Waals surface area contributed by atoms with Crippen LogP contribution in [0.3, 0.4) is 0 Å². The summed E-state index contributed by atoms with van der Waals surface area (Å²) < 4.78 is 16.4. The van der Waals surface area contributed by atoms with Crippen LogP contribution >= 0.6 is 11.3 Å². The molecule has 1 saturated heterocycles. The zero-order valence-electron chi connectivity index (χ0n) is 15.6. The van der Waals surface area contributed by atoms with Crippen molar-refractivity contribution in [1.29, 1.82) is 0 Å². The van der Waals surface area contributed by atoms with Crippen LogP contribution in [0.2, 0.25) is 0 Å². The zero-order chi connectivity index (χ0) is 18.6. The molecule has 3 heterocycles. The van der Waals surface area contributed by atoms with Gasteiger partial charge in [0.05, 0.1) is 24.7 Å². The van der Waals surface area contributed by atoms with E-state index in [0.717, 1.165) is 29.1 Å². The third kappa shape index (κ3) is 3.82. The predicted octanol–water partition coefficient (Wildman–Crippen LogP) is 3.36. The van der Waals surface area contributed by atoms with Crippen LogP contribution in [0.5, 0.6) is 0 Å². The molecule has 27 heavy (non-hydrogen) atoms. The molecular weight excluding hydrogens is 362 g/mol. The molecule has 1 fully saturated rings. The summed E-state index contributed by atoms with van der Waals surface area (Å²) in [5, 5.41) is 3.27. The van der Waals surface area contributed by atoms with Gasteiger partial charge < -0.3 is 19.1 Å². The summed E-state index contributed by atoms with van der Waals surface area (Å²) in [6.07, 6.45) is 0.0402. The number of fused-ring (bicyclic) bond motifs is 1. The summed E-state index contributed by atoms with van der Waals surface area (Å²) in [6, 6.07) is 10.4. The molecule has 3 aromatic rings. The molecule has 4 rings (SSSR count). The Morgan fingerprint density at radius 3 is 2.81 bits per heavy atom. The van der Waals surface area contributed by atoms with E-state index in [1.165, 1.54) is 11.1 Å². The van der Waals surface area contributed by atoms with Crippen LogP contribution in [0.15, 0.2) is 35.7 Å². The molecule has 7 heteroatoms. The summed E-state index contributed by atoms with van der Waals surface area (Å²) in [6.45, 7) is 3.17. The van der Waals surface area contributed by atoms with Gasteiger partial charge in [-0.2, -0.15) is 0 Å². The van der Waals surface area contributed by atoms with Gasteiger partial charge in [-0.25, -0.2) is 9.97 Å². The molecule has 1 aliphatic rings. The maximum atomic E-state index is 5.82. The molecule has 0 N–H and O–H groups in total. The van der Waals surface area contributed by atoms with Crippen molar-refractivity contribution in [3.05, 3.63) is 41.5 Å². The van der Waals surface area contributed by atoms with Gasteiger partial charge in [-0.05, 0) is 5.56 Å². The molecular formula is C20H23N3O3S. The second kappa shape index (κ2) is 8.31. The molecule has 142 valence electrons. The van der Waals surface area contributed by atoms with Crippen molar-refractivity contribution in [2.24, 2.45) is 0 Å². The van der Waals surface area contributed by atoms with Gasteiger partial charge in [0, 0.05) is 38.3 Å². The monoisotopic (exact) mass is 385 g/mol. The number of rotatable bonds is 6. The molecule has 0 bridgehead atoms. The number of ether oxygens (including phenoxy) is 3. The van der Waals surface area contributed by atoms with E-state index in [0.29, 0.717) is 25.6 Å². The summed E-state index contributed by atoms with van der Waals surface area (Å²) in [4.78, 5) is 12.9. The Hall–Kier alpha value is -2.06. The van der Waals surface area contributed by atoms with Crippen LogP contribution in [-0.2, 0) is 20.8 Å². The lowest BCUT2D eigenvalue weighted by molar-refractivity contribution is -0.0101. The van der Waals surface area contributed by atoms with E-state index in [9.17, 15) is 0 Å². The highest BCUT2D eigenvalue weighted by Gasteiger charge is 2.25. The average Bonchev–Trinajstić information content (AvgIpc) is 3.13. The number of benzene rings is 1. The quantitative estimate of drug-likeness (QED) is 0.649. The lowest BCUT2D eigenvalue weighted by Crippen LogP contribution is -2.45.